The van der Waals surface area contributed by atoms with Gasteiger partial charge in [0.05, 0.1) is 71.3 Å². The fourth-order valence-electron chi connectivity index (χ4n) is 11.0. The standard InChI is InChI=1S/C56H78FN9O13S/c1-12-47-56(9,71)52-35(4)48(60-38(7)67)33(2)26-55(8,75-31-42(30-74-52)62-76-32-41-16-17-43(28-58-41)65-22-13-21-59-65)51(36(5)49(68)37(6)53(70)78-47)79-54-50(69)46(24-34(3)77-54)64(10)23-20-40-29-66(63-61-40)44(27-57)25-39-14-18-45(19-15-39)80(11,72)73/h13-19,21-22,28-29,34-37,44,46-47,50-52,54,69,71H,12,20,23-27,30-32H2,1-11H3,(H,60,67)/t34-,35+,36+,37-,44+,46+,47-,50-,51-,52-,54+,55-,56-/m1/s1. The number of rotatable bonds is 17. The lowest BCUT2D eigenvalue weighted by atomic mass is 9.77. The number of carbonyl (C=O) groups is 3. The predicted octanol–water partition coefficient (Wildman–Crippen LogP) is 4.85. The van der Waals surface area contributed by atoms with Crippen LogP contribution in [0.2, 0.25) is 0 Å². The molecule has 3 N–H and O–H groups in total. The normalized spacial score (nSPS) is 30.3. The number of aliphatic hydroxyl groups is 2. The van der Waals surface area contributed by atoms with E-state index in [-0.39, 0.29) is 49.7 Å². The van der Waals surface area contributed by atoms with Crippen molar-refractivity contribution in [1.82, 2.24) is 40.0 Å². The third kappa shape index (κ3) is 14.8. The first-order valence-electron chi connectivity index (χ1n) is 27.1. The van der Waals surface area contributed by atoms with E-state index in [1.54, 1.807) is 81.4 Å². The highest BCUT2D eigenvalue weighted by molar-refractivity contribution is 7.90. The zero-order valence-corrected chi connectivity index (χ0v) is 48.3. The molecule has 7 rings (SSSR count). The smallest absolute Gasteiger partial charge is 0.316 e. The van der Waals surface area contributed by atoms with Crippen LogP contribution >= 0.6 is 0 Å². The van der Waals surface area contributed by atoms with Gasteiger partial charge in [-0.1, -0.05) is 48.8 Å². The predicted molar refractivity (Wildman–Crippen MR) is 290 cm³/mol. The number of amides is 1. The second kappa shape index (κ2) is 26.4. The number of carbonyl (C=O) groups excluding carboxylic acids is 3. The van der Waals surface area contributed by atoms with E-state index in [0.717, 1.165) is 17.5 Å². The molecule has 4 aromatic rings. The number of hydrogen-bond donors (Lipinski definition) is 3. The second-order valence-corrected chi connectivity index (χ2v) is 24.1. The summed E-state index contributed by atoms with van der Waals surface area (Å²) >= 11 is 0. The Labute approximate surface area is 467 Å². The minimum absolute atomic E-state index is 0.00189. The number of cyclic esters (lactones) is 1. The average molecular weight is 1140 g/mol. The number of aromatic nitrogens is 6. The van der Waals surface area contributed by atoms with E-state index < -0.39 is 112 Å². The van der Waals surface area contributed by atoms with Crippen molar-refractivity contribution >= 4 is 33.2 Å². The minimum Gasteiger partial charge on any atom is -0.459 e. The summed E-state index contributed by atoms with van der Waals surface area (Å²) in [5, 5.41) is 45.2. The number of hydrogen-bond acceptors (Lipinski definition) is 19. The van der Waals surface area contributed by atoms with Gasteiger partial charge < -0.3 is 49.0 Å². The minimum atomic E-state index is -3.39. The van der Waals surface area contributed by atoms with E-state index in [4.69, 9.17) is 28.5 Å². The Morgan fingerprint density at radius 2 is 1.81 bits per heavy atom. The van der Waals surface area contributed by atoms with Crippen molar-refractivity contribution in [2.45, 2.75) is 166 Å². The highest BCUT2D eigenvalue weighted by atomic mass is 32.2. The third-order valence-electron chi connectivity index (χ3n) is 15.5. The van der Waals surface area contributed by atoms with Gasteiger partial charge in [0, 0.05) is 74.7 Å². The van der Waals surface area contributed by atoms with E-state index in [9.17, 15) is 37.4 Å². The number of pyridine rings is 1. The van der Waals surface area contributed by atoms with Gasteiger partial charge >= 0.3 is 5.97 Å². The van der Waals surface area contributed by atoms with Crippen molar-refractivity contribution in [3.8, 4) is 5.69 Å². The number of fused-ring (bicyclic) bond motifs is 4. The van der Waals surface area contributed by atoms with Gasteiger partial charge in [-0.05, 0) is 96.8 Å². The van der Waals surface area contributed by atoms with Gasteiger partial charge in [0.2, 0.25) is 5.91 Å². The molecule has 2 bridgehead atoms. The van der Waals surface area contributed by atoms with Crippen molar-refractivity contribution in [2.75, 3.05) is 39.7 Å². The highest BCUT2D eigenvalue weighted by Crippen LogP contribution is 2.40. The number of benzene rings is 1. The molecule has 3 aliphatic heterocycles. The molecule has 0 aliphatic carbocycles. The average Bonchev–Trinajstić information content (AvgIpc) is 4.24. The third-order valence-corrected chi connectivity index (χ3v) is 16.7. The molecule has 0 unspecified atom stereocenters. The van der Waals surface area contributed by atoms with Crippen molar-refractivity contribution < 1.29 is 65.9 Å². The summed E-state index contributed by atoms with van der Waals surface area (Å²) in [6.45, 7) is 13.9. The van der Waals surface area contributed by atoms with Crippen LogP contribution in [0, 0.1) is 17.8 Å². The molecule has 438 valence electrons. The Kier molecular flexibility index (Phi) is 20.4. The molecular formula is C56H78FN9O13S. The number of esters is 1. The Hall–Kier alpha value is -5.86. The van der Waals surface area contributed by atoms with Crippen LogP contribution in [0.15, 0.2) is 88.6 Å². The fourth-order valence-corrected chi connectivity index (χ4v) is 11.7. The molecule has 22 nitrogen and oxygen atoms in total. The fraction of sp³-hybridized carbons (Fsp3) is 0.607. The molecule has 6 heterocycles. The lowest BCUT2D eigenvalue weighted by molar-refractivity contribution is -0.295. The lowest BCUT2D eigenvalue weighted by Crippen LogP contribution is -2.60. The van der Waals surface area contributed by atoms with Gasteiger partial charge in [-0.25, -0.2) is 22.2 Å². The number of nitrogens with zero attached hydrogens (tertiary/aromatic N) is 8. The number of nitrogens with one attached hydrogen (secondary N) is 1. The van der Waals surface area contributed by atoms with Gasteiger partial charge in [-0.2, -0.15) is 5.10 Å². The van der Waals surface area contributed by atoms with Crippen LogP contribution in [-0.2, 0) is 72.2 Å². The Balaban J connectivity index is 1.19. The number of halogens is 1. The van der Waals surface area contributed by atoms with Gasteiger partial charge in [0.15, 0.2) is 28.5 Å². The van der Waals surface area contributed by atoms with Crippen LogP contribution in [-0.4, -0.2) is 170 Å². The summed E-state index contributed by atoms with van der Waals surface area (Å²) in [6, 6.07) is 10.5. The maximum atomic E-state index is 14.9. The van der Waals surface area contributed by atoms with Crippen LogP contribution in [0.4, 0.5) is 4.39 Å². The number of oxime groups is 1. The van der Waals surface area contributed by atoms with E-state index in [2.05, 4.69) is 30.9 Å². The van der Waals surface area contributed by atoms with Crippen LogP contribution in [0.5, 0.6) is 0 Å². The zero-order valence-electron chi connectivity index (χ0n) is 47.5. The summed E-state index contributed by atoms with van der Waals surface area (Å²) in [5.41, 5.74) is 0.383. The maximum Gasteiger partial charge on any atom is 0.316 e. The number of likely N-dealkylation sites (N-methyl/N-ethyl adjacent to an activating group) is 1. The molecule has 80 heavy (non-hydrogen) atoms. The van der Waals surface area contributed by atoms with Crippen molar-refractivity contribution in [3.05, 3.63) is 95.5 Å². The molecule has 13 atom stereocenters. The van der Waals surface area contributed by atoms with Crippen molar-refractivity contribution in [2.24, 2.45) is 22.9 Å². The summed E-state index contributed by atoms with van der Waals surface area (Å²) < 4.78 is 74.6. The van der Waals surface area contributed by atoms with Crippen LogP contribution < -0.4 is 5.32 Å². The number of ketones is 1. The maximum absolute atomic E-state index is 14.9. The molecule has 3 aromatic heterocycles. The summed E-state index contributed by atoms with van der Waals surface area (Å²) in [7, 11) is -1.55. The second-order valence-electron chi connectivity index (χ2n) is 22.0. The van der Waals surface area contributed by atoms with Gasteiger partial charge in [0.1, 0.15) is 36.1 Å². The first-order valence-corrected chi connectivity index (χ1v) is 29.0. The van der Waals surface area contributed by atoms with Crippen LogP contribution in [0.1, 0.15) is 105 Å². The lowest BCUT2D eigenvalue weighted by Gasteiger charge is -2.47. The van der Waals surface area contributed by atoms with Gasteiger partial charge in [0.25, 0.3) is 0 Å². The molecule has 3 aliphatic rings. The number of Topliss-reactive ketones (excluding diaryl/α,β-unsaturated/α-hetero) is 1. The molecular weight excluding hydrogens is 1060 g/mol. The van der Waals surface area contributed by atoms with E-state index in [0.29, 0.717) is 42.0 Å². The number of ether oxygens (including phenoxy) is 5. The van der Waals surface area contributed by atoms with Crippen LogP contribution in [0.3, 0.4) is 0 Å². The van der Waals surface area contributed by atoms with Crippen molar-refractivity contribution in [3.63, 3.8) is 0 Å². The molecule has 0 saturated carbocycles. The quantitative estimate of drug-likeness (QED) is 0.0724. The van der Waals surface area contributed by atoms with Crippen LogP contribution in [0.25, 0.3) is 5.69 Å². The SMILES string of the molecule is CC[C@H]1OC(=O)[C@H](C)C(=O)[C@H](C)[C@@H](O[C@@H]2O[C@H](C)C[C@H](N(C)CCc3cn([C@H](CF)Cc4ccc(S(C)(=O)=O)cc4)nn3)[C@H]2O)[C@@]2(C)CC(C)=C(NC(C)=O)[C@H](C)[C@@H](OCC(=NOCc3ccc(-n4cccn4)cn3)CO2)[C@]1(C)O. The Morgan fingerprint density at radius 1 is 1.07 bits per heavy atom. The molecule has 1 aromatic carbocycles. The summed E-state index contributed by atoms with van der Waals surface area (Å²) in [6.07, 6.45) is 2.30. The monoisotopic (exact) mass is 1140 g/mol. The summed E-state index contributed by atoms with van der Waals surface area (Å²) in [5.74, 6) is -5.11. The Bertz CT molecular complexity index is 2920. The van der Waals surface area contributed by atoms with E-state index in [1.807, 2.05) is 31.9 Å². The summed E-state index contributed by atoms with van der Waals surface area (Å²) in [4.78, 5) is 54.7. The topological polar surface area (TPSA) is 270 Å². The zero-order chi connectivity index (χ0) is 58.3. The Morgan fingerprint density at radius 3 is 2.45 bits per heavy atom. The molecule has 1 fully saturated rings. The van der Waals surface area contributed by atoms with E-state index >= 15 is 0 Å². The molecule has 0 spiro atoms. The first-order chi connectivity index (χ1) is 37.8. The van der Waals surface area contributed by atoms with Gasteiger partial charge in [-0.3, -0.25) is 19.4 Å². The highest BCUT2D eigenvalue weighted by Gasteiger charge is 2.52. The molecule has 1 saturated heterocycles. The van der Waals surface area contributed by atoms with Crippen molar-refractivity contribution in [1.29, 1.82) is 0 Å². The molecule has 24 heteroatoms. The molecule has 1 amide bonds. The van der Waals surface area contributed by atoms with E-state index in [1.165, 1.54) is 37.6 Å². The largest absolute Gasteiger partial charge is 0.459 e. The first kappa shape index (κ1) is 61.8. The molecule has 0 radical (unpaired) electrons. The number of alkyl halides is 1. The number of sulfone groups is 1. The van der Waals surface area contributed by atoms with Gasteiger partial charge in [-0.15, -0.1) is 5.10 Å². The number of aliphatic hydroxyl groups excluding tert-OH is 1.